The number of halogens is 1. The summed E-state index contributed by atoms with van der Waals surface area (Å²) >= 11 is 6.21. The lowest BCUT2D eigenvalue weighted by atomic mass is 9.88. The summed E-state index contributed by atoms with van der Waals surface area (Å²) in [4.78, 5) is 27.6. The van der Waals surface area contributed by atoms with Crippen molar-refractivity contribution in [2.24, 2.45) is 0 Å². The summed E-state index contributed by atoms with van der Waals surface area (Å²) < 4.78 is 11.4. The average molecular weight is 440 g/mol. The fourth-order valence-electron chi connectivity index (χ4n) is 3.65. The summed E-state index contributed by atoms with van der Waals surface area (Å²) in [5, 5.41) is 8.64. The first-order chi connectivity index (χ1) is 14.8. The van der Waals surface area contributed by atoms with Gasteiger partial charge in [-0.15, -0.1) is 10.2 Å². The van der Waals surface area contributed by atoms with Gasteiger partial charge in [0.15, 0.2) is 5.60 Å². The molecule has 2 aromatic carbocycles. The zero-order chi connectivity index (χ0) is 22.2. The normalized spacial score (nSPS) is 17.9. The Kier molecular flexibility index (Phi) is 5.54. The van der Waals surface area contributed by atoms with E-state index in [2.05, 4.69) is 10.2 Å². The smallest absolute Gasteiger partial charge is 0.339 e. The Morgan fingerprint density at radius 2 is 1.81 bits per heavy atom. The van der Waals surface area contributed by atoms with Crippen LogP contribution in [-0.4, -0.2) is 38.6 Å². The molecule has 3 aromatic rings. The number of aromatic nitrogens is 2. The quantitative estimate of drug-likeness (QED) is 0.551. The summed E-state index contributed by atoms with van der Waals surface area (Å²) in [5.41, 5.74) is 0.582. The molecule has 2 heterocycles. The Morgan fingerprint density at radius 3 is 2.52 bits per heavy atom. The molecule has 1 aliphatic rings. The second kappa shape index (κ2) is 8.15. The number of carbonyl (C=O) groups is 2. The fourth-order valence-corrected chi connectivity index (χ4v) is 3.87. The van der Waals surface area contributed by atoms with Gasteiger partial charge in [0, 0.05) is 12.5 Å². The third-order valence-electron chi connectivity index (χ3n) is 5.30. The molecule has 0 saturated heterocycles. The Labute approximate surface area is 185 Å². The van der Waals surface area contributed by atoms with Crippen LogP contribution in [0, 0.1) is 0 Å². The van der Waals surface area contributed by atoms with Crippen LogP contribution in [0.2, 0.25) is 5.02 Å². The van der Waals surface area contributed by atoms with Crippen LogP contribution in [0.3, 0.4) is 0 Å². The molecule has 0 radical (unpaired) electrons. The van der Waals surface area contributed by atoms with Gasteiger partial charge in [-0.1, -0.05) is 41.9 Å². The third kappa shape index (κ3) is 4.05. The predicted octanol–water partition coefficient (Wildman–Crippen LogP) is 4.30. The summed E-state index contributed by atoms with van der Waals surface area (Å²) in [6, 6.07) is 14.1. The molecule has 1 aromatic heterocycles. The highest BCUT2D eigenvalue weighted by Crippen LogP contribution is 2.31. The van der Waals surface area contributed by atoms with E-state index in [0.717, 1.165) is 5.56 Å². The van der Waals surface area contributed by atoms with E-state index < -0.39 is 11.6 Å². The second-order valence-corrected chi connectivity index (χ2v) is 8.37. The molecule has 0 N–H and O–H groups in total. The predicted molar refractivity (Wildman–Crippen MR) is 114 cm³/mol. The molecule has 8 heteroatoms. The maximum absolute atomic E-state index is 13.5. The van der Waals surface area contributed by atoms with Crippen LogP contribution in [0.25, 0.3) is 11.5 Å². The number of esters is 1. The fraction of sp³-hybridized carbons (Fsp3) is 0.304. The third-order valence-corrected chi connectivity index (χ3v) is 5.63. The summed E-state index contributed by atoms with van der Waals surface area (Å²) in [6.45, 7) is 5.49. The monoisotopic (exact) mass is 439 g/mol. The molecule has 0 saturated carbocycles. The maximum atomic E-state index is 13.5. The Morgan fingerprint density at radius 1 is 1.13 bits per heavy atom. The van der Waals surface area contributed by atoms with Crippen molar-refractivity contribution in [3.63, 3.8) is 0 Å². The van der Waals surface area contributed by atoms with E-state index >= 15 is 0 Å². The molecular formula is C23H22ClN3O4. The first kappa shape index (κ1) is 21.1. The minimum atomic E-state index is -1.32. The van der Waals surface area contributed by atoms with Crippen LogP contribution < -0.4 is 0 Å². The number of hydrogen-bond acceptors (Lipinski definition) is 6. The van der Waals surface area contributed by atoms with Crippen molar-refractivity contribution in [1.82, 2.24) is 15.1 Å². The lowest BCUT2D eigenvalue weighted by Crippen LogP contribution is -2.54. The number of cyclic esters (lactones) is 1. The van der Waals surface area contributed by atoms with Gasteiger partial charge in [0.1, 0.15) is 0 Å². The van der Waals surface area contributed by atoms with Gasteiger partial charge < -0.3 is 14.1 Å². The number of amides is 1. The largest absolute Gasteiger partial charge is 0.445 e. The van der Waals surface area contributed by atoms with E-state index in [1.54, 1.807) is 36.1 Å². The van der Waals surface area contributed by atoms with Crippen molar-refractivity contribution in [2.75, 3.05) is 0 Å². The van der Waals surface area contributed by atoms with Crippen molar-refractivity contribution >= 4 is 23.5 Å². The molecule has 1 atom stereocenters. The van der Waals surface area contributed by atoms with Crippen LogP contribution in [-0.2, 0) is 22.5 Å². The number of hydrogen-bond donors (Lipinski definition) is 0. The van der Waals surface area contributed by atoms with Crippen LogP contribution >= 0.6 is 11.6 Å². The highest BCUT2D eigenvalue weighted by Gasteiger charge is 2.45. The van der Waals surface area contributed by atoms with Crippen LogP contribution in [0.4, 0.5) is 0 Å². The summed E-state index contributed by atoms with van der Waals surface area (Å²) in [7, 11) is 0. The Bertz CT molecular complexity index is 1140. The van der Waals surface area contributed by atoms with Gasteiger partial charge in [0.05, 0.1) is 22.7 Å². The van der Waals surface area contributed by atoms with Crippen molar-refractivity contribution in [1.29, 1.82) is 0 Å². The number of benzene rings is 2. The number of carbonyl (C=O) groups excluding carboxylic acids is 2. The average Bonchev–Trinajstić information content (AvgIpc) is 3.20. The van der Waals surface area contributed by atoms with Gasteiger partial charge in [0.25, 0.3) is 5.91 Å². The molecule has 0 unspecified atom stereocenters. The molecule has 0 spiro atoms. The minimum absolute atomic E-state index is 0.0861. The number of fused-ring (bicyclic) bond motifs is 1. The van der Waals surface area contributed by atoms with E-state index in [-0.39, 0.29) is 30.3 Å². The number of ether oxygens (including phenoxy) is 1. The molecule has 1 amide bonds. The molecule has 7 nitrogen and oxygen atoms in total. The number of rotatable bonds is 5. The first-order valence-electron chi connectivity index (χ1n) is 9.98. The lowest BCUT2D eigenvalue weighted by Gasteiger charge is -2.38. The highest BCUT2D eigenvalue weighted by molar-refractivity contribution is 6.33. The molecule has 0 fully saturated rings. The second-order valence-electron chi connectivity index (χ2n) is 7.96. The van der Waals surface area contributed by atoms with Crippen LogP contribution in [0.1, 0.15) is 42.6 Å². The summed E-state index contributed by atoms with van der Waals surface area (Å²) in [6.07, 6.45) is 0.297. The molecule has 31 heavy (non-hydrogen) atoms. The molecule has 1 aliphatic heterocycles. The van der Waals surface area contributed by atoms with E-state index in [9.17, 15) is 9.59 Å². The Hall–Kier alpha value is -3.19. The standard InChI is InChI=1S/C23H22ClN3O4/c1-14(2)27(13-19-25-26-20(30-19)17-10-6-7-11-18(17)24)22(29)23(3)12-15-8-4-5-9-16(15)21(28)31-23/h4-11,14H,12-13H2,1-3H3/t23-/m0/s1. The molecular weight excluding hydrogens is 418 g/mol. The summed E-state index contributed by atoms with van der Waals surface area (Å²) in [5.74, 6) is -0.271. The van der Waals surface area contributed by atoms with E-state index in [1.807, 2.05) is 38.1 Å². The van der Waals surface area contributed by atoms with Crippen molar-refractivity contribution in [2.45, 2.75) is 45.4 Å². The topological polar surface area (TPSA) is 85.5 Å². The van der Waals surface area contributed by atoms with Gasteiger partial charge in [0.2, 0.25) is 11.8 Å². The van der Waals surface area contributed by atoms with Crippen LogP contribution in [0.5, 0.6) is 0 Å². The molecule has 0 aliphatic carbocycles. The lowest BCUT2D eigenvalue weighted by molar-refractivity contribution is -0.154. The van der Waals surface area contributed by atoms with Gasteiger partial charge in [-0.05, 0) is 44.5 Å². The highest BCUT2D eigenvalue weighted by atomic mass is 35.5. The number of nitrogens with zero attached hydrogens (tertiary/aromatic N) is 3. The molecule has 4 rings (SSSR count). The van der Waals surface area contributed by atoms with Gasteiger partial charge >= 0.3 is 5.97 Å². The van der Waals surface area contributed by atoms with Crippen molar-refractivity contribution in [3.05, 3.63) is 70.6 Å². The van der Waals surface area contributed by atoms with Gasteiger partial charge in [-0.3, -0.25) is 4.79 Å². The van der Waals surface area contributed by atoms with Crippen LogP contribution in [0.15, 0.2) is 52.9 Å². The zero-order valence-electron chi connectivity index (χ0n) is 17.5. The van der Waals surface area contributed by atoms with Crippen molar-refractivity contribution in [3.8, 4) is 11.5 Å². The van der Waals surface area contributed by atoms with Gasteiger partial charge in [-0.25, -0.2) is 4.79 Å². The van der Waals surface area contributed by atoms with Gasteiger partial charge in [-0.2, -0.15) is 0 Å². The van der Waals surface area contributed by atoms with E-state index in [1.165, 1.54) is 0 Å². The first-order valence-corrected chi connectivity index (χ1v) is 10.4. The minimum Gasteiger partial charge on any atom is -0.445 e. The molecule has 0 bridgehead atoms. The Balaban J connectivity index is 1.58. The van der Waals surface area contributed by atoms with E-state index in [0.29, 0.717) is 22.6 Å². The van der Waals surface area contributed by atoms with E-state index in [4.69, 9.17) is 20.8 Å². The SMILES string of the molecule is CC(C)N(Cc1nnc(-c2ccccc2Cl)o1)C(=O)[C@]1(C)Cc2ccccc2C(=O)O1. The maximum Gasteiger partial charge on any atom is 0.339 e. The molecule has 160 valence electrons. The zero-order valence-corrected chi connectivity index (χ0v) is 18.2. The van der Waals surface area contributed by atoms with Crippen molar-refractivity contribution < 1.29 is 18.7 Å².